The molecule has 0 unspecified atom stereocenters. The number of fused-ring (bicyclic) bond motifs is 1. The Bertz CT molecular complexity index is 810. The molecule has 0 aliphatic heterocycles. The van der Waals surface area contributed by atoms with Crippen molar-refractivity contribution in [3.8, 4) is 5.75 Å². The summed E-state index contributed by atoms with van der Waals surface area (Å²) in [4.78, 5) is 10.5. The van der Waals surface area contributed by atoms with E-state index in [1.807, 2.05) is 0 Å². The molecule has 23 heavy (non-hydrogen) atoms. The molecular formula is C16H10Br2F2O3. The van der Waals surface area contributed by atoms with E-state index in [2.05, 4.69) is 31.9 Å². The summed E-state index contributed by atoms with van der Waals surface area (Å²) in [6, 6.07) is 8.79. The molecule has 0 fully saturated rings. The molecule has 0 spiro atoms. The van der Waals surface area contributed by atoms with Crippen LogP contribution in [0.4, 0.5) is 8.78 Å². The zero-order chi connectivity index (χ0) is 17.0. The zero-order valence-corrected chi connectivity index (χ0v) is 15.0. The molecule has 2 aromatic carbocycles. The maximum Gasteiger partial charge on any atom is 0.308 e. The fourth-order valence-corrected chi connectivity index (χ4v) is 2.34. The molecule has 0 aliphatic carbocycles. The number of carbonyl (C=O) groups excluding carboxylic acids is 1. The minimum absolute atomic E-state index is 0.265. The van der Waals surface area contributed by atoms with Gasteiger partial charge in [-0.05, 0) is 68.3 Å². The van der Waals surface area contributed by atoms with Crippen LogP contribution < -0.4 is 4.74 Å². The quantitative estimate of drug-likeness (QED) is 0.347. The minimum atomic E-state index is -0.423. The summed E-state index contributed by atoms with van der Waals surface area (Å²) in [5, 5.41) is 0.783. The Morgan fingerprint density at radius 2 is 1.74 bits per heavy atom. The molecule has 3 aromatic rings. The third-order valence-electron chi connectivity index (χ3n) is 2.65. The van der Waals surface area contributed by atoms with E-state index in [-0.39, 0.29) is 16.1 Å². The third-order valence-corrected chi connectivity index (χ3v) is 3.86. The smallest absolute Gasteiger partial charge is 0.308 e. The standard InChI is InChI=1S/C8H6BrFO2.C8H4BrFO/c1-5(11)12-6-2-3-8(10)7(9)4-6;9-6-4-8-5(1-2-11-8)3-7(6)10/h2-4H,1H3;1-4H. The van der Waals surface area contributed by atoms with Gasteiger partial charge in [0.25, 0.3) is 0 Å². The molecule has 0 saturated heterocycles. The number of esters is 1. The van der Waals surface area contributed by atoms with Gasteiger partial charge in [-0.2, -0.15) is 0 Å². The summed E-state index contributed by atoms with van der Waals surface area (Å²) >= 11 is 6.04. The number of benzene rings is 2. The lowest BCUT2D eigenvalue weighted by Crippen LogP contribution is -2.01. The second kappa shape index (κ2) is 7.70. The molecule has 0 bridgehead atoms. The van der Waals surface area contributed by atoms with Gasteiger partial charge in [-0.25, -0.2) is 8.78 Å². The average Bonchev–Trinajstić information content (AvgIpc) is 2.91. The summed E-state index contributed by atoms with van der Waals surface area (Å²) in [7, 11) is 0. The van der Waals surface area contributed by atoms with Gasteiger partial charge in [0.15, 0.2) is 0 Å². The first-order chi connectivity index (χ1) is 10.9. The monoisotopic (exact) mass is 446 g/mol. The Morgan fingerprint density at radius 3 is 2.39 bits per heavy atom. The van der Waals surface area contributed by atoms with Crippen molar-refractivity contribution in [3.05, 3.63) is 63.2 Å². The number of rotatable bonds is 1. The highest BCUT2D eigenvalue weighted by molar-refractivity contribution is 9.10. The number of ether oxygens (including phenoxy) is 1. The lowest BCUT2D eigenvalue weighted by atomic mass is 10.2. The predicted octanol–water partition coefficient (Wildman–Crippen LogP) is 5.85. The molecule has 3 rings (SSSR count). The van der Waals surface area contributed by atoms with Crippen molar-refractivity contribution in [2.45, 2.75) is 6.92 Å². The van der Waals surface area contributed by atoms with Gasteiger partial charge in [0.1, 0.15) is 23.0 Å². The summed E-state index contributed by atoms with van der Waals surface area (Å²) in [5.41, 5.74) is 0.693. The Labute approximate surface area is 147 Å². The molecule has 120 valence electrons. The van der Waals surface area contributed by atoms with Crippen LogP contribution in [-0.4, -0.2) is 5.97 Å². The van der Waals surface area contributed by atoms with Crippen molar-refractivity contribution < 1.29 is 22.7 Å². The van der Waals surface area contributed by atoms with E-state index >= 15 is 0 Å². The third kappa shape index (κ3) is 4.87. The van der Waals surface area contributed by atoms with Crippen LogP contribution in [0.3, 0.4) is 0 Å². The summed E-state index contributed by atoms with van der Waals surface area (Å²) < 4.78 is 36.0. The van der Waals surface area contributed by atoms with Gasteiger partial charge in [0, 0.05) is 12.3 Å². The molecule has 7 heteroatoms. The number of hydrogen-bond donors (Lipinski definition) is 0. The number of carbonyl (C=O) groups is 1. The van der Waals surface area contributed by atoms with Crippen LogP contribution in [0.25, 0.3) is 11.0 Å². The molecule has 3 nitrogen and oxygen atoms in total. The van der Waals surface area contributed by atoms with Gasteiger partial charge in [0.2, 0.25) is 0 Å². The number of halogens is 4. The number of furan rings is 1. The second-order valence-electron chi connectivity index (χ2n) is 4.39. The first-order valence-electron chi connectivity index (χ1n) is 6.32. The van der Waals surface area contributed by atoms with Gasteiger partial charge in [-0.15, -0.1) is 0 Å². The maximum absolute atomic E-state index is 12.8. The van der Waals surface area contributed by atoms with E-state index < -0.39 is 5.97 Å². The zero-order valence-electron chi connectivity index (χ0n) is 11.8. The van der Waals surface area contributed by atoms with Crippen molar-refractivity contribution >= 4 is 48.8 Å². The summed E-state index contributed by atoms with van der Waals surface area (Å²) in [5.74, 6) is -0.742. The summed E-state index contributed by atoms with van der Waals surface area (Å²) in [6.07, 6.45) is 1.54. The highest BCUT2D eigenvalue weighted by Gasteiger charge is 2.03. The van der Waals surface area contributed by atoms with Crippen LogP contribution in [-0.2, 0) is 4.79 Å². The van der Waals surface area contributed by atoms with Crippen molar-refractivity contribution in [3.63, 3.8) is 0 Å². The van der Waals surface area contributed by atoms with Crippen LogP contribution in [0, 0.1) is 11.6 Å². The molecular weight excluding hydrogens is 438 g/mol. The average molecular weight is 448 g/mol. The Hall–Kier alpha value is -1.73. The Kier molecular flexibility index (Phi) is 5.90. The van der Waals surface area contributed by atoms with E-state index in [4.69, 9.17) is 9.15 Å². The normalized spacial score (nSPS) is 10.1. The van der Waals surface area contributed by atoms with Crippen molar-refractivity contribution in [2.75, 3.05) is 0 Å². The predicted molar refractivity (Wildman–Crippen MR) is 89.3 cm³/mol. The van der Waals surface area contributed by atoms with Gasteiger partial charge < -0.3 is 9.15 Å². The lowest BCUT2D eigenvalue weighted by Gasteiger charge is -2.01. The van der Waals surface area contributed by atoms with Gasteiger partial charge in [-0.1, -0.05) is 0 Å². The highest BCUT2D eigenvalue weighted by Crippen LogP contribution is 2.23. The topological polar surface area (TPSA) is 39.4 Å². The minimum Gasteiger partial charge on any atom is -0.464 e. The first kappa shape index (κ1) is 17.6. The summed E-state index contributed by atoms with van der Waals surface area (Å²) in [6.45, 7) is 1.29. The molecule has 0 amide bonds. The Morgan fingerprint density at radius 1 is 1.04 bits per heavy atom. The molecule has 0 atom stereocenters. The highest BCUT2D eigenvalue weighted by atomic mass is 79.9. The van der Waals surface area contributed by atoms with Crippen molar-refractivity contribution in [2.24, 2.45) is 0 Å². The van der Waals surface area contributed by atoms with Gasteiger partial charge in [-0.3, -0.25) is 4.79 Å². The van der Waals surface area contributed by atoms with Gasteiger partial charge >= 0.3 is 5.97 Å². The Balaban J connectivity index is 0.000000167. The largest absolute Gasteiger partial charge is 0.464 e. The fraction of sp³-hybridized carbons (Fsp3) is 0.0625. The van der Waals surface area contributed by atoms with Crippen LogP contribution in [0.2, 0.25) is 0 Å². The van der Waals surface area contributed by atoms with Crippen molar-refractivity contribution in [1.29, 1.82) is 0 Å². The fourth-order valence-electron chi connectivity index (χ4n) is 1.66. The van der Waals surface area contributed by atoms with E-state index in [1.165, 1.54) is 37.5 Å². The molecule has 1 aromatic heterocycles. The van der Waals surface area contributed by atoms with Crippen LogP contribution in [0.1, 0.15) is 6.92 Å². The van der Waals surface area contributed by atoms with E-state index in [9.17, 15) is 13.6 Å². The van der Waals surface area contributed by atoms with E-state index in [0.29, 0.717) is 15.8 Å². The molecule has 1 heterocycles. The van der Waals surface area contributed by atoms with E-state index in [1.54, 1.807) is 12.1 Å². The molecule has 0 saturated carbocycles. The van der Waals surface area contributed by atoms with E-state index in [0.717, 1.165) is 5.39 Å². The van der Waals surface area contributed by atoms with Crippen LogP contribution in [0.5, 0.6) is 5.75 Å². The molecule has 0 radical (unpaired) electrons. The first-order valence-corrected chi connectivity index (χ1v) is 7.91. The van der Waals surface area contributed by atoms with Crippen LogP contribution in [0.15, 0.2) is 56.0 Å². The lowest BCUT2D eigenvalue weighted by molar-refractivity contribution is -0.131. The van der Waals surface area contributed by atoms with Crippen molar-refractivity contribution in [1.82, 2.24) is 0 Å². The number of hydrogen-bond acceptors (Lipinski definition) is 3. The van der Waals surface area contributed by atoms with Crippen LogP contribution >= 0.6 is 31.9 Å². The second-order valence-corrected chi connectivity index (χ2v) is 6.10. The van der Waals surface area contributed by atoms with Gasteiger partial charge in [0.05, 0.1) is 15.2 Å². The SMILES string of the molecule is CC(=O)Oc1ccc(F)c(Br)c1.Fc1cc2ccoc2cc1Br. The molecule has 0 aliphatic rings. The molecule has 0 N–H and O–H groups in total. The maximum atomic E-state index is 12.8.